The minimum absolute atomic E-state index is 0.137. The fraction of sp³-hybridized carbons (Fsp3) is 0.250. The second-order valence-corrected chi connectivity index (χ2v) is 6.26. The van der Waals surface area contributed by atoms with Gasteiger partial charge < -0.3 is 10.3 Å². The zero-order valence-corrected chi connectivity index (χ0v) is 11.1. The van der Waals surface area contributed by atoms with Gasteiger partial charge >= 0.3 is 0 Å². The number of sulfone groups is 1. The molecule has 0 unspecified atom stereocenters. The first-order valence-electron chi connectivity index (χ1n) is 5.48. The van der Waals surface area contributed by atoms with E-state index in [0.717, 1.165) is 11.4 Å². The minimum Gasteiger partial charge on any atom is -0.323 e. The molecule has 1 aromatic heterocycles. The molecule has 0 fully saturated rings. The van der Waals surface area contributed by atoms with Crippen molar-refractivity contribution < 1.29 is 8.42 Å². The lowest BCUT2D eigenvalue weighted by Crippen LogP contribution is -2.10. The molecular weight excluding hydrogens is 250 g/mol. The fourth-order valence-electron chi connectivity index (χ4n) is 1.71. The monoisotopic (exact) mass is 265 g/mol. The standard InChI is InChI=1S/C12H15N3O2S/c1-9(13)12-7-14-8-15(12)10-3-5-11(6-4-10)18(2,16)17/h3-9H,13H2,1-2H3/t9-/m1/s1. The number of imidazole rings is 1. The maximum Gasteiger partial charge on any atom is 0.175 e. The Balaban J connectivity index is 2.44. The summed E-state index contributed by atoms with van der Waals surface area (Å²) in [4.78, 5) is 4.36. The fourth-order valence-corrected chi connectivity index (χ4v) is 2.34. The van der Waals surface area contributed by atoms with Crippen molar-refractivity contribution in [2.75, 3.05) is 6.26 Å². The largest absolute Gasteiger partial charge is 0.323 e. The van der Waals surface area contributed by atoms with E-state index >= 15 is 0 Å². The summed E-state index contributed by atoms with van der Waals surface area (Å²) in [5.41, 5.74) is 7.56. The van der Waals surface area contributed by atoms with E-state index in [1.807, 2.05) is 11.5 Å². The molecule has 0 bridgehead atoms. The van der Waals surface area contributed by atoms with Crippen LogP contribution in [-0.4, -0.2) is 24.2 Å². The quantitative estimate of drug-likeness (QED) is 0.907. The highest BCUT2D eigenvalue weighted by atomic mass is 32.2. The zero-order chi connectivity index (χ0) is 13.3. The highest BCUT2D eigenvalue weighted by Gasteiger charge is 2.10. The van der Waals surface area contributed by atoms with Crippen LogP contribution >= 0.6 is 0 Å². The van der Waals surface area contributed by atoms with E-state index in [-0.39, 0.29) is 6.04 Å². The number of hydrogen-bond acceptors (Lipinski definition) is 4. The van der Waals surface area contributed by atoms with E-state index in [1.165, 1.54) is 6.26 Å². The smallest absolute Gasteiger partial charge is 0.175 e. The van der Waals surface area contributed by atoms with Gasteiger partial charge in [-0.15, -0.1) is 0 Å². The lowest BCUT2D eigenvalue weighted by Gasteiger charge is -2.11. The van der Waals surface area contributed by atoms with Crippen molar-refractivity contribution in [3.05, 3.63) is 42.5 Å². The maximum absolute atomic E-state index is 11.4. The highest BCUT2D eigenvalue weighted by molar-refractivity contribution is 7.90. The molecule has 18 heavy (non-hydrogen) atoms. The van der Waals surface area contributed by atoms with Gasteiger partial charge in [-0.05, 0) is 31.2 Å². The van der Waals surface area contributed by atoms with Crippen molar-refractivity contribution in [2.45, 2.75) is 17.9 Å². The Kier molecular flexibility index (Phi) is 3.23. The van der Waals surface area contributed by atoms with Gasteiger partial charge in [0, 0.05) is 18.0 Å². The molecule has 5 nitrogen and oxygen atoms in total. The number of hydrogen-bond donors (Lipinski definition) is 1. The summed E-state index contributed by atoms with van der Waals surface area (Å²) in [6, 6.07) is 6.50. The molecule has 2 rings (SSSR count). The second kappa shape index (κ2) is 4.55. The highest BCUT2D eigenvalue weighted by Crippen LogP contribution is 2.18. The van der Waals surface area contributed by atoms with Crippen LogP contribution in [0.4, 0.5) is 0 Å². The third-order valence-corrected chi connectivity index (χ3v) is 3.81. The van der Waals surface area contributed by atoms with Gasteiger partial charge in [0.1, 0.15) is 0 Å². The summed E-state index contributed by atoms with van der Waals surface area (Å²) in [7, 11) is -3.16. The first-order chi connectivity index (χ1) is 8.39. The van der Waals surface area contributed by atoms with Gasteiger partial charge in [0.2, 0.25) is 0 Å². The maximum atomic E-state index is 11.4. The van der Waals surface area contributed by atoms with Gasteiger partial charge in [0.15, 0.2) is 9.84 Å². The Hall–Kier alpha value is -1.66. The molecule has 2 N–H and O–H groups in total. The van der Waals surface area contributed by atoms with Crippen LogP contribution in [0, 0.1) is 0 Å². The number of benzene rings is 1. The lowest BCUT2D eigenvalue weighted by atomic mass is 10.2. The summed E-state index contributed by atoms with van der Waals surface area (Å²) < 4.78 is 24.6. The predicted octanol–water partition coefficient (Wildman–Crippen LogP) is 1.30. The molecule has 0 saturated carbocycles. The van der Waals surface area contributed by atoms with E-state index in [0.29, 0.717) is 4.90 Å². The Morgan fingerprint density at radius 2 is 1.89 bits per heavy atom. The molecule has 0 aliphatic heterocycles. The van der Waals surface area contributed by atoms with Crippen LogP contribution < -0.4 is 5.73 Å². The van der Waals surface area contributed by atoms with Gasteiger partial charge in [0.25, 0.3) is 0 Å². The molecule has 0 aliphatic rings. The van der Waals surface area contributed by atoms with Gasteiger partial charge in [0.05, 0.1) is 23.1 Å². The van der Waals surface area contributed by atoms with Gasteiger partial charge in [-0.2, -0.15) is 0 Å². The van der Waals surface area contributed by atoms with Crippen molar-refractivity contribution in [1.29, 1.82) is 0 Å². The van der Waals surface area contributed by atoms with Crippen molar-refractivity contribution in [2.24, 2.45) is 5.73 Å². The van der Waals surface area contributed by atoms with Crippen LogP contribution in [0.5, 0.6) is 0 Å². The van der Waals surface area contributed by atoms with Gasteiger partial charge in [-0.25, -0.2) is 13.4 Å². The summed E-state index contributed by atoms with van der Waals surface area (Å²) in [5.74, 6) is 0. The molecular formula is C12H15N3O2S. The average Bonchev–Trinajstić information content (AvgIpc) is 2.77. The van der Waals surface area contributed by atoms with Gasteiger partial charge in [-0.1, -0.05) is 0 Å². The topological polar surface area (TPSA) is 78.0 Å². The molecule has 0 amide bonds. The zero-order valence-electron chi connectivity index (χ0n) is 10.2. The van der Waals surface area contributed by atoms with E-state index in [9.17, 15) is 8.42 Å². The second-order valence-electron chi connectivity index (χ2n) is 4.24. The van der Waals surface area contributed by atoms with Crippen molar-refractivity contribution >= 4 is 9.84 Å². The molecule has 6 heteroatoms. The molecule has 1 aromatic carbocycles. The van der Waals surface area contributed by atoms with Crippen LogP contribution in [0.3, 0.4) is 0 Å². The number of nitrogens with two attached hydrogens (primary N) is 1. The number of rotatable bonds is 3. The predicted molar refractivity (Wildman–Crippen MR) is 69.3 cm³/mol. The van der Waals surface area contributed by atoms with E-state index in [1.54, 1.807) is 36.8 Å². The molecule has 0 aliphatic carbocycles. The summed E-state index contributed by atoms with van der Waals surface area (Å²) in [6.07, 6.45) is 4.55. The van der Waals surface area contributed by atoms with Crippen molar-refractivity contribution in [1.82, 2.24) is 9.55 Å². The SMILES string of the molecule is C[C@@H](N)c1cncn1-c1ccc(S(C)(=O)=O)cc1. The molecule has 1 heterocycles. The third kappa shape index (κ3) is 2.44. The van der Waals surface area contributed by atoms with E-state index in [4.69, 9.17) is 5.73 Å². The first kappa shape index (κ1) is 12.8. The molecule has 96 valence electrons. The third-order valence-electron chi connectivity index (χ3n) is 2.68. The van der Waals surface area contributed by atoms with Crippen LogP contribution in [0.2, 0.25) is 0 Å². The molecule has 0 saturated heterocycles. The Bertz CT molecular complexity index is 642. The summed E-state index contributed by atoms with van der Waals surface area (Å²) in [5, 5.41) is 0. The average molecular weight is 265 g/mol. The van der Waals surface area contributed by atoms with E-state index in [2.05, 4.69) is 4.98 Å². The van der Waals surface area contributed by atoms with E-state index < -0.39 is 9.84 Å². The minimum atomic E-state index is -3.16. The normalized spacial score (nSPS) is 13.5. The molecule has 0 radical (unpaired) electrons. The number of nitrogens with zero attached hydrogens (tertiary/aromatic N) is 2. The van der Waals surface area contributed by atoms with Crippen LogP contribution in [0.15, 0.2) is 41.7 Å². The summed E-state index contributed by atoms with van der Waals surface area (Å²) in [6.45, 7) is 1.87. The molecule has 0 spiro atoms. The van der Waals surface area contributed by atoms with Crippen molar-refractivity contribution in [3.8, 4) is 5.69 Å². The Labute approximate surface area is 106 Å². The Morgan fingerprint density at radius 1 is 1.28 bits per heavy atom. The van der Waals surface area contributed by atoms with Crippen molar-refractivity contribution in [3.63, 3.8) is 0 Å². The lowest BCUT2D eigenvalue weighted by molar-refractivity contribution is 0.602. The molecule has 1 atom stereocenters. The summed E-state index contributed by atoms with van der Waals surface area (Å²) >= 11 is 0. The van der Waals surface area contributed by atoms with Gasteiger partial charge in [-0.3, -0.25) is 0 Å². The van der Waals surface area contributed by atoms with Crippen LogP contribution in [-0.2, 0) is 9.84 Å². The Morgan fingerprint density at radius 3 is 2.39 bits per heavy atom. The number of aromatic nitrogens is 2. The van der Waals surface area contributed by atoms with Crippen LogP contribution in [0.1, 0.15) is 18.7 Å². The molecule has 2 aromatic rings. The van der Waals surface area contributed by atoms with Crippen LogP contribution in [0.25, 0.3) is 5.69 Å². The first-order valence-corrected chi connectivity index (χ1v) is 7.37.